The van der Waals surface area contributed by atoms with E-state index in [4.69, 9.17) is 4.74 Å². The van der Waals surface area contributed by atoms with E-state index < -0.39 is 0 Å². The van der Waals surface area contributed by atoms with Gasteiger partial charge in [0.25, 0.3) is 0 Å². The van der Waals surface area contributed by atoms with Crippen LogP contribution in [0.5, 0.6) is 0 Å². The molecule has 0 radical (unpaired) electrons. The van der Waals surface area contributed by atoms with Gasteiger partial charge < -0.3 is 20.3 Å². The van der Waals surface area contributed by atoms with E-state index in [0.29, 0.717) is 19.1 Å². The first kappa shape index (κ1) is 24.3. The Kier molecular flexibility index (Phi) is 11.1. The number of hydrogen-bond donors (Lipinski definition) is 2. The Morgan fingerprint density at radius 3 is 2.65 bits per heavy atom. The summed E-state index contributed by atoms with van der Waals surface area (Å²) >= 11 is 0. The van der Waals surface area contributed by atoms with Crippen molar-refractivity contribution in [3.05, 3.63) is 66.0 Å². The summed E-state index contributed by atoms with van der Waals surface area (Å²) in [7, 11) is 1.80. The highest BCUT2D eigenvalue weighted by atomic mass is 16.5. The number of pyridine rings is 1. The zero-order valence-corrected chi connectivity index (χ0v) is 18.9. The fourth-order valence-electron chi connectivity index (χ4n) is 2.92. The van der Waals surface area contributed by atoms with Crippen molar-refractivity contribution in [3.8, 4) is 0 Å². The predicted octanol–water partition coefficient (Wildman–Crippen LogP) is 2.81. The third-order valence-corrected chi connectivity index (χ3v) is 4.82. The zero-order chi connectivity index (χ0) is 22.3. The van der Waals surface area contributed by atoms with Crippen molar-refractivity contribution < 1.29 is 9.53 Å². The molecule has 2 rings (SSSR count). The summed E-state index contributed by atoms with van der Waals surface area (Å²) in [5.41, 5.74) is 2.15. The number of guanidine groups is 1. The van der Waals surface area contributed by atoms with Crippen molar-refractivity contribution in [3.63, 3.8) is 0 Å². The standard InChI is InChI=1S/C24H35N5O2/c1-4-25-24(27-16-10-18-31-20(2)21-11-6-5-7-12-21)28-19-23(30)29(3)17-14-22-13-8-9-15-26-22/h5-9,11-13,15,20H,4,10,14,16-19H2,1-3H3,(H2,25,27,28). The summed E-state index contributed by atoms with van der Waals surface area (Å²) in [6, 6.07) is 16.0. The molecular formula is C24H35N5O2. The maximum absolute atomic E-state index is 12.4. The summed E-state index contributed by atoms with van der Waals surface area (Å²) in [4.78, 5) is 22.8. The molecule has 0 aliphatic heterocycles. The van der Waals surface area contributed by atoms with E-state index in [-0.39, 0.29) is 18.6 Å². The topological polar surface area (TPSA) is 78.9 Å². The number of carbonyl (C=O) groups excluding carboxylic acids is 1. The molecule has 31 heavy (non-hydrogen) atoms. The van der Waals surface area contributed by atoms with Crippen LogP contribution in [0.4, 0.5) is 0 Å². The Hall–Kier alpha value is -2.93. The number of ether oxygens (including phenoxy) is 1. The van der Waals surface area contributed by atoms with Crippen LogP contribution < -0.4 is 10.6 Å². The molecule has 0 saturated carbocycles. The van der Waals surface area contributed by atoms with Gasteiger partial charge in [0, 0.05) is 51.6 Å². The van der Waals surface area contributed by atoms with Crippen molar-refractivity contribution in [2.45, 2.75) is 32.8 Å². The van der Waals surface area contributed by atoms with Crippen LogP contribution in [-0.4, -0.2) is 61.6 Å². The zero-order valence-electron chi connectivity index (χ0n) is 18.9. The van der Waals surface area contributed by atoms with Gasteiger partial charge in [-0.1, -0.05) is 36.4 Å². The molecule has 168 valence electrons. The van der Waals surface area contributed by atoms with Gasteiger partial charge in [-0.3, -0.25) is 9.78 Å². The maximum atomic E-state index is 12.4. The lowest BCUT2D eigenvalue weighted by molar-refractivity contribution is -0.128. The van der Waals surface area contributed by atoms with Gasteiger partial charge in [0.15, 0.2) is 5.96 Å². The van der Waals surface area contributed by atoms with Gasteiger partial charge in [0.05, 0.1) is 6.10 Å². The van der Waals surface area contributed by atoms with Crippen LogP contribution in [0.25, 0.3) is 0 Å². The summed E-state index contributed by atoms with van der Waals surface area (Å²) in [5, 5.41) is 6.44. The Bertz CT molecular complexity index is 783. The highest BCUT2D eigenvalue weighted by Crippen LogP contribution is 2.15. The quantitative estimate of drug-likeness (QED) is 0.311. The molecule has 0 saturated heterocycles. The minimum Gasteiger partial charge on any atom is -0.374 e. The molecule has 1 heterocycles. The van der Waals surface area contributed by atoms with Crippen molar-refractivity contribution in [2.75, 3.05) is 39.8 Å². The van der Waals surface area contributed by atoms with Crippen LogP contribution >= 0.6 is 0 Å². The van der Waals surface area contributed by atoms with Crippen LogP contribution in [0.1, 0.15) is 37.6 Å². The Labute approximate surface area is 185 Å². The number of nitrogens with one attached hydrogen (secondary N) is 2. The van der Waals surface area contributed by atoms with Gasteiger partial charge in [-0.2, -0.15) is 0 Å². The largest absolute Gasteiger partial charge is 0.374 e. The van der Waals surface area contributed by atoms with Crippen LogP contribution in [0.3, 0.4) is 0 Å². The molecular weight excluding hydrogens is 390 g/mol. The molecule has 0 bridgehead atoms. The highest BCUT2D eigenvalue weighted by molar-refractivity contribution is 5.84. The first-order valence-electron chi connectivity index (χ1n) is 10.9. The number of benzene rings is 1. The number of hydrogen-bond acceptors (Lipinski definition) is 4. The van der Waals surface area contributed by atoms with Gasteiger partial charge in [0.2, 0.25) is 5.91 Å². The number of nitrogens with zero attached hydrogens (tertiary/aromatic N) is 3. The van der Waals surface area contributed by atoms with E-state index in [1.807, 2.05) is 43.3 Å². The number of aliphatic imine (C=N–C) groups is 1. The fraction of sp³-hybridized carbons (Fsp3) is 0.458. The molecule has 1 amide bonds. The molecule has 0 aliphatic carbocycles. The molecule has 1 aromatic heterocycles. The number of rotatable bonds is 12. The molecule has 0 aliphatic rings. The Morgan fingerprint density at radius 2 is 1.94 bits per heavy atom. The van der Waals surface area contributed by atoms with Crippen molar-refractivity contribution in [2.24, 2.45) is 4.99 Å². The molecule has 1 atom stereocenters. The summed E-state index contributed by atoms with van der Waals surface area (Å²) < 4.78 is 5.90. The van der Waals surface area contributed by atoms with Crippen molar-refractivity contribution in [1.82, 2.24) is 20.5 Å². The van der Waals surface area contributed by atoms with E-state index >= 15 is 0 Å². The van der Waals surface area contributed by atoms with E-state index in [1.54, 1.807) is 18.1 Å². The lowest BCUT2D eigenvalue weighted by atomic mass is 10.1. The second kappa shape index (κ2) is 14.1. The molecule has 2 aromatic rings. The highest BCUT2D eigenvalue weighted by Gasteiger charge is 2.09. The van der Waals surface area contributed by atoms with E-state index in [0.717, 1.165) is 31.6 Å². The molecule has 7 nitrogen and oxygen atoms in total. The first-order valence-corrected chi connectivity index (χ1v) is 10.9. The fourth-order valence-corrected chi connectivity index (χ4v) is 2.92. The van der Waals surface area contributed by atoms with Crippen molar-refractivity contribution >= 4 is 11.9 Å². The number of carbonyl (C=O) groups is 1. The van der Waals surface area contributed by atoms with E-state index in [2.05, 4.69) is 39.7 Å². The third-order valence-electron chi connectivity index (χ3n) is 4.82. The van der Waals surface area contributed by atoms with Gasteiger partial charge in [-0.15, -0.1) is 0 Å². The summed E-state index contributed by atoms with van der Waals surface area (Å²) in [5.74, 6) is 0.623. The summed E-state index contributed by atoms with van der Waals surface area (Å²) in [6.45, 7) is 6.89. The number of likely N-dealkylation sites (N-methyl/N-ethyl adjacent to an activating group) is 1. The lowest BCUT2D eigenvalue weighted by Crippen LogP contribution is -2.39. The summed E-state index contributed by atoms with van der Waals surface area (Å²) in [6.07, 6.45) is 3.41. The van der Waals surface area contributed by atoms with E-state index in [9.17, 15) is 4.79 Å². The monoisotopic (exact) mass is 425 g/mol. The average molecular weight is 426 g/mol. The SMILES string of the molecule is CCNC(=NCC(=O)N(C)CCc1ccccn1)NCCCOC(C)c1ccccc1. The van der Waals surface area contributed by atoms with Crippen LogP contribution in [0.15, 0.2) is 59.7 Å². The second-order valence-corrected chi connectivity index (χ2v) is 7.29. The smallest absolute Gasteiger partial charge is 0.244 e. The Morgan fingerprint density at radius 1 is 1.16 bits per heavy atom. The minimum atomic E-state index is -0.0202. The second-order valence-electron chi connectivity index (χ2n) is 7.29. The first-order chi connectivity index (χ1) is 15.1. The number of aromatic nitrogens is 1. The molecule has 1 aromatic carbocycles. The molecule has 0 spiro atoms. The number of amides is 1. The molecule has 0 fully saturated rings. The minimum absolute atomic E-state index is 0.0202. The molecule has 2 N–H and O–H groups in total. The maximum Gasteiger partial charge on any atom is 0.244 e. The molecule has 1 unspecified atom stereocenters. The van der Waals surface area contributed by atoms with Crippen LogP contribution in [0.2, 0.25) is 0 Å². The lowest BCUT2D eigenvalue weighted by Gasteiger charge is -2.17. The normalized spacial score (nSPS) is 12.3. The van der Waals surface area contributed by atoms with E-state index in [1.165, 1.54) is 5.56 Å². The van der Waals surface area contributed by atoms with Crippen LogP contribution in [-0.2, 0) is 16.0 Å². The van der Waals surface area contributed by atoms with Gasteiger partial charge in [-0.25, -0.2) is 4.99 Å². The third kappa shape index (κ3) is 9.61. The Balaban J connectivity index is 1.68. The van der Waals surface area contributed by atoms with Gasteiger partial charge in [-0.05, 0) is 38.0 Å². The molecule has 7 heteroatoms. The van der Waals surface area contributed by atoms with Gasteiger partial charge >= 0.3 is 0 Å². The van der Waals surface area contributed by atoms with Crippen LogP contribution in [0, 0.1) is 0 Å². The van der Waals surface area contributed by atoms with Gasteiger partial charge in [0.1, 0.15) is 6.54 Å². The predicted molar refractivity (Wildman–Crippen MR) is 125 cm³/mol. The average Bonchev–Trinajstić information content (AvgIpc) is 2.81. The van der Waals surface area contributed by atoms with Crippen molar-refractivity contribution in [1.29, 1.82) is 0 Å².